The molecule has 0 saturated heterocycles. The Morgan fingerprint density at radius 2 is 1.88 bits per heavy atom. The summed E-state index contributed by atoms with van der Waals surface area (Å²) in [7, 11) is -1.81. The van der Waals surface area contributed by atoms with Gasteiger partial charge in [-0.25, -0.2) is 8.42 Å². The number of carbonyl (C=O) groups is 2. The molecule has 0 unspecified atom stereocenters. The monoisotopic (exact) mass is 603 g/mol. The highest BCUT2D eigenvalue weighted by Crippen LogP contribution is 2.29. The summed E-state index contributed by atoms with van der Waals surface area (Å²) >= 11 is 0. The zero-order chi connectivity index (χ0) is 30.9. The summed E-state index contributed by atoms with van der Waals surface area (Å²) in [5, 5.41) is 10.1. The standard InChI is InChI=1S/C31H45N3O7S/c1-22-19-34(23(2)21-35)31(37)27-18-26(32-42(5,38)39)14-15-28(27)41-24(3)11-9-10-16-40-29(22)20-33(4)30(36)17-25-12-7-6-8-13-25/h6-8,12-15,18,22-24,29,32,35H,9-11,16-17,19-21H2,1-5H3/t22-,23+,24+,29-/m1/s1. The normalized spacial score (nSPS) is 21.4. The molecule has 0 fully saturated rings. The van der Waals surface area contributed by atoms with Crippen LogP contribution in [0.25, 0.3) is 0 Å². The van der Waals surface area contributed by atoms with Crippen LogP contribution in [-0.2, 0) is 26.0 Å². The minimum absolute atomic E-state index is 0.0288. The number of amides is 2. The Morgan fingerprint density at radius 3 is 2.55 bits per heavy atom. The number of rotatable bonds is 8. The number of sulfonamides is 1. The molecule has 0 aromatic heterocycles. The number of aliphatic hydroxyl groups is 1. The number of nitrogens with one attached hydrogen (secondary N) is 1. The number of hydrogen-bond acceptors (Lipinski definition) is 7. The number of aliphatic hydroxyl groups excluding tert-OH is 1. The largest absolute Gasteiger partial charge is 0.490 e. The molecule has 232 valence electrons. The van der Waals surface area contributed by atoms with Gasteiger partial charge in [-0.2, -0.15) is 0 Å². The molecule has 2 N–H and O–H groups in total. The van der Waals surface area contributed by atoms with E-state index in [1.54, 1.807) is 35.9 Å². The van der Waals surface area contributed by atoms with E-state index in [1.807, 2.05) is 44.2 Å². The second-order valence-electron chi connectivity index (χ2n) is 11.3. The van der Waals surface area contributed by atoms with Gasteiger partial charge in [0.2, 0.25) is 15.9 Å². The SMILES string of the molecule is C[C@@H]1CN([C@@H](C)CO)C(=O)c2cc(NS(C)(=O)=O)ccc2O[C@@H](C)CCCCO[C@@H]1CN(C)C(=O)Cc1ccccc1. The van der Waals surface area contributed by atoms with Crippen molar-refractivity contribution in [2.75, 3.05) is 44.3 Å². The molecule has 2 aromatic rings. The minimum atomic E-state index is -3.57. The minimum Gasteiger partial charge on any atom is -0.490 e. The molecular weight excluding hydrogens is 558 g/mol. The molecule has 10 nitrogen and oxygen atoms in total. The number of fused-ring (bicyclic) bond motifs is 1. The Balaban J connectivity index is 1.91. The summed E-state index contributed by atoms with van der Waals surface area (Å²) < 4.78 is 38.7. The van der Waals surface area contributed by atoms with Crippen molar-refractivity contribution in [1.82, 2.24) is 9.80 Å². The van der Waals surface area contributed by atoms with E-state index in [1.165, 1.54) is 6.07 Å². The summed E-state index contributed by atoms with van der Waals surface area (Å²) in [5.41, 5.74) is 1.38. The molecule has 1 aliphatic heterocycles. The number of benzene rings is 2. The molecule has 1 heterocycles. The predicted octanol–water partition coefficient (Wildman–Crippen LogP) is 3.55. The molecule has 4 atom stereocenters. The number of ether oxygens (including phenoxy) is 2. The van der Waals surface area contributed by atoms with Crippen LogP contribution in [0.15, 0.2) is 48.5 Å². The fourth-order valence-corrected chi connectivity index (χ4v) is 5.50. The molecule has 0 radical (unpaired) electrons. The number of likely N-dealkylation sites (N-methyl/N-ethyl adjacent to an activating group) is 1. The third kappa shape index (κ3) is 9.99. The van der Waals surface area contributed by atoms with Gasteiger partial charge in [0.05, 0.1) is 43.1 Å². The van der Waals surface area contributed by atoms with Gasteiger partial charge in [0.25, 0.3) is 5.91 Å². The Morgan fingerprint density at radius 1 is 1.17 bits per heavy atom. The van der Waals surface area contributed by atoms with Gasteiger partial charge in [0.15, 0.2) is 0 Å². The maximum atomic E-state index is 14.1. The summed E-state index contributed by atoms with van der Waals surface area (Å²) in [6, 6.07) is 13.7. The Labute approximate surface area is 250 Å². The van der Waals surface area contributed by atoms with Gasteiger partial charge < -0.3 is 24.4 Å². The Kier molecular flexibility index (Phi) is 12.2. The second kappa shape index (κ2) is 15.4. The van der Waals surface area contributed by atoms with Crippen molar-refractivity contribution in [3.8, 4) is 5.75 Å². The fourth-order valence-electron chi connectivity index (χ4n) is 4.94. The van der Waals surface area contributed by atoms with Gasteiger partial charge >= 0.3 is 0 Å². The summed E-state index contributed by atoms with van der Waals surface area (Å²) in [6.45, 7) is 6.47. The molecule has 2 aromatic carbocycles. The Bertz CT molecular complexity index is 1290. The molecule has 0 spiro atoms. The molecule has 42 heavy (non-hydrogen) atoms. The van der Waals surface area contributed by atoms with Crippen molar-refractivity contribution < 1.29 is 32.6 Å². The van der Waals surface area contributed by atoms with Gasteiger partial charge in [-0.05, 0) is 56.9 Å². The number of carbonyl (C=O) groups excluding carboxylic acids is 2. The zero-order valence-electron chi connectivity index (χ0n) is 25.3. The van der Waals surface area contributed by atoms with Gasteiger partial charge in [-0.15, -0.1) is 0 Å². The van der Waals surface area contributed by atoms with E-state index < -0.39 is 22.0 Å². The van der Waals surface area contributed by atoms with Crippen molar-refractivity contribution in [2.45, 2.75) is 64.7 Å². The van der Waals surface area contributed by atoms with Crippen molar-refractivity contribution in [3.63, 3.8) is 0 Å². The highest BCUT2D eigenvalue weighted by atomic mass is 32.2. The van der Waals surface area contributed by atoms with Gasteiger partial charge in [0, 0.05) is 38.3 Å². The first-order chi connectivity index (χ1) is 19.9. The van der Waals surface area contributed by atoms with Crippen molar-refractivity contribution in [3.05, 3.63) is 59.7 Å². The number of hydrogen-bond donors (Lipinski definition) is 2. The number of nitrogens with zero attached hydrogens (tertiary/aromatic N) is 2. The highest BCUT2D eigenvalue weighted by Gasteiger charge is 2.31. The molecule has 11 heteroatoms. The van der Waals surface area contributed by atoms with E-state index in [4.69, 9.17) is 9.47 Å². The molecule has 3 rings (SSSR count). The van der Waals surface area contributed by atoms with E-state index in [-0.39, 0.29) is 54.9 Å². The van der Waals surface area contributed by atoms with Crippen LogP contribution in [-0.4, -0.2) is 93.0 Å². The van der Waals surface area contributed by atoms with Crippen molar-refractivity contribution >= 4 is 27.5 Å². The van der Waals surface area contributed by atoms with Crippen LogP contribution in [0.2, 0.25) is 0 Å². The lowest BCUT2D eigenvalue weighted by molar-refractivity contribution is -0.131. The zero-order valence-corrected chi connectivity index (χ0v) is 26.1. The van der Waals surface area contributed by atoms with Gasteiger partial charge in [0.1, 0.15) is 5.75 Å². The lowest BCUT2D eigenvalue weighted by Gasteiger charge is -2.36. The quantitative estimate of drug-likeness (QED) is 0.473. The van der Waals surface area contributed by atoms with Crippen LogP contribution in [0.3, 0.4) is 0 Å². The van der Waals surface area contributed by atoms with Crippen LogP contribution in [0.5, 0.6) is 5.75 Å². The molecule has 1 aliphatic rings. The smallest absolute Gasteiger partial charge is 0.258 e. The average Bonchev–Trinajstić information content (AvgIpc) is 2.94. The molecule has 0 saturated carbocycles. The molecule has 2 amide bonds. The first-order valence-corrected chi connectivity index (χ1v) is 16.4. The van der Waals surface area contributed by atoms with Crippen LogP contribution in [0, 0.1) is 5.92 Å². The third-order valence-electron chi connectivity index (χ3n) is 7.43. The lowest BCUT2D eigenvalue weighted by atomic mass is 10.0. The first-order valence-electron chi connectivity index (χ1n) is 14.5. The lowest BCUT2D eigenvalue weighted by Crippen LogP contribution is -2.48. The molecule has 0 bridgehead atoms. The van der Waals surface area contributed by atoms with E-state index in [0.717, 1.165) is 31.1 Å². The van der Waals surface area contributed by atoms with Crippen molar-refractivity contribution in [1.29, 1.82) is 0 Å². The molecular formula is C31H45N3O7S. The highest BCUT2D eigenvalue weighted by molar-refractivity contribution is 7.92. The van der Waals surface area contributed by atoms with Crippen LogP contribution in [0.1, 0.15) is 56.0 Å². The summed E-state index contributed by atoms with van der Waals surface area (Å²) in [4.78, 5) is 30.3. The van der Waals surface area contributed by atoms with Gasteiger partial charge in [-0.1, -0.05) is 37.3 Å². The first kappa shape index (κ1) is 33.4. The van der Waals surface area contributed by atoms with Crippen LogP contribution >= 0.6 is 0 Å². The Hall–Kier alpha value is -3.15. The van der Waals surface area contributed by atoms with Crippen LogP contribution in [0.4, 0.5) is 5.69 Å². The topological polar surface area (TPSA) is 125 Å². The predicted molar refractivity (Wildman–Crippen MR) is 163 cm³/mol. The van der Waals surface area contributed by atoms with E-state index in [2.05, 4.69) is 4.72 Å². The van der Waals surface area contributed by atoms with Gasteiger partial charge in [-0.3, -0.25) is 14.3 Å². The van der Waals surface area contributed by atoms with E-state index in [9.17, 15) is 23.1 Å². The van der Waals surface area contributed by atoms with Crippen LogP contribution < -0.4 is 9.46 Å². The maximum Gasteiger partial charge on any atom is 0.258 e. The average molecular weight is 604 g/mol. The molecule has 0 aliphatic carbocycles. The summed E-state index contributed by atoms with van der Waals surface area (Å²) in [6.07, 6.45) is 3.14. The number of anilines is 1. The van der Waals surface area contributed by atoms with E-state index >= 15 is 0 Å². The van der Waals surface area contributed by atoms with E-state index in [0.29, 0.717) is 18.9 Å². The maximum absolute atomic E-state index is 14.1. The summed E-state index contributed by atoms with van der Waals surface area (Å²) in [5.74, 6) is -0.269. The third-order valence-corrected chi connectivity index (χ3v) is 8.04. The second-order valence-corrected chi connectivity index (χ2v) is 13.1. The van der Waals surface area contributed by atoms with Crippen molar-refractivity contribution in [2.24, 2.45) is 5.92 Å². The fraction of sp³-hybridized carbons (Fsp3) is 0.548.